The zero-order valence-corrected chi connectivity index (χ0v) is 18.1. The molecule has 10 nitrogen and oxygen atoms in total. The fourth-order valence-corrected chi connectivity index (χ4v) is 4.01. The maximum Gasteiger partial charge on any atom is 0.326 e. The maximum atomic E-state index is 13.7. The number of aromatic nitrogens is 1. The normalized spacial score (nSPS) is 11.4. The Morgan fingerprint density at radius 3 is 2.50 bits per heavy atom. The van der Waals surface area contributed by atoms with Gasteiger partial charge in [0.2, 0.25) is 0 Å². The molecule has 0 fully saturated rings. The van der Waals surface area contributed by atoms with Crippen molar-refractivity contribution in [2.45, 2.75) is 13.5 Å². The number of halogens is 1. The number of hydrogen-bond acceptors (Lipinski definition) is 8. The van der Waals surface area contributed by atoms with Crippen molar-refractivity contribution in [2.24, 2.45) is 4.99 Å². The molecule has 0 spiro atoms. The molecule has 0 bridgehead atoms. The Balaban J connectivity index is 2.19. The van der Waals surface area contributed by atoms with Crippen molar-refractivity contribution in [3.8, 4) is 11.5 Å². The van der Waals surface area contributed by atoms with Gasteiger partial charge in [0.25, 0.3) is 11.6 Å². The average molecular weight is 463 g/mol. The van der Waals surface area contributed by atoms with E-state index in [0.717, 1.165) is 23.5 Å². The number of carbonyl (C=O) groups excluding carboxylic acids is 2. The molecule has 12 heteroatoms. The molecular weight excluding hydrogens is 445 g/mol. The number of nitrogens with zero attached hydrogens (tertiary/aromatic N) is 3. The smallest absolute Gasteiger partial charge is 0.326 e. The van der Waals surface area contributed by atoms with Gasteiger partial charge in [0.05, 0.1) is 42.0 Å². The Hall–Kier alpha value is -3.80. The van der Waals surface area contributed by atoms with Gasteiger partial charge in [-0.3, -0.25) is 19.7 Å². The van der Waals surface area contributed by atoms with Crippen molar-refractivity contribution in [2.75, 3.05) is 20.8 Å². The molecule has 0 atom stereocenters. The highest BCUT2D eigenvalue weighted by molar-refractivity contribution is 7.16. The van der Waals surface area contributed by atoms with Crippen LogP contribution in [0.1, 0.15) is 17.3 Å². The summed E-state index contributed by atoms with van der Waals surface area (Å²) in [6.45, 7) is 1.52. The van der Waals surface area contributed by atoms with Crippen LogP contribution in [0.3, 0.4) is 0 Å². The molecule has 32 heavy (non-hydrogen) atoms. The van der Waals surface area contributed by atoms with Crippen LogP contribution >= 0.6 is 11.3 Å². The van der Waals surface area contributed by atoms with Gasteiger partial charge in [-0.05, 0) is 25.1 Å². The number of nitro groups is 1. The number of nitro benzene ring substituents is 1. The van der Waals surface area contributed by atoms with E-state index >= 15 is 0 Å². The summed E-state index contributed by atoms with van der Waals surface area (Å²) < 4.78 is 30.7. The summed E-state index contributed by atoms with van der Waals surface area (Å²) in [6, 6.07) is 6.12. The maximum absolute atomic E-state index is 13.7. The van der Waals surface area contributed by atoms with Gasteiger partial charge in [0.15, 0.2) is 16.3 Å². The Morgan fingerprint density at radius 2 is 1.88 bits per heavy atom. The van der Waals surface area contributed by atoms with Crippen LogP contribution in [0, 0.1) is 15.9 Å². The first-order valence-corrected chi connectivity index (χ1v) is 10.0. The molecule has 0 unspecified atom stereocenters. The predicted molar refractivity (Wildman–Crippen MR) is 112 cm³/mol. The standard InChI is InChI=1S/C20H18FN3O7S/c1-4-31-18(25)10-23-13-6-5-11(21)7-17(13)32-20(23)22-19(26)12-8-15(29-2)16(30-3)9-14(12)24(27)28/h5-9H,4,10H2,1-3H3. The van der Waals surface area contributed by atoms with E-state index in [4.69, 9.17) is 14.2 Å². The van der Waals surface area contributed by atoms with E-state index in [2.05, 4.69) is 4.99 Å². The molecule has 1 amide bonds. The second-order valence-corrected chi connectivity index (χ2v) is 7.30. The number of benzene rings is 2. The van der Waals surface area contributed by atoms with E-state index in [1.54, 1.807) is 6.92 Å². The second kappa shape index (κ2) is 9.56. The van der Waals surface area contributed by atoms with E-state index in [1.165, 1.54) is 37.0 Å². The van der Waals surface area contributed by atoms with Gasteiger partial charge in [-0.25, -0.2) is 4.39 Å². The molecule has 1 heterocycles. The van der Waals surface area contributed by atoms with E-state index < -0.39 is 28.3 Å². The Kier molecular flexibility index (Phi) is 6.83. The topological polar surface area (TPSA) is 122 Å². The van der Waals surface area contributed by atoms with Gasteiger partial charge in [0, 0.05) is 6.07 Å². The SMILES string of the molecule is CCOC(=O)Cn1c(=NC(=O)c2cc(OC)c(OC)cc2[N+](=O)[O-])sc2cc(F)ccc21. The molecule has 0 radical (unpaired) electrons. The minimum absolute atomic E-state index is 0.0488. The second-order valence-electron chi connectivity index (χ2n) is 6.29. The highest BCUT2D eigenvalue weighted by Crippen LogP contribution is 2.34. The quantitative estimate of drug-likeness (QED) is 0.300. The molecular formula is C20H18FN3O7S. The molecule has 0 aliphatic rings. The molecule has 3 aromatic rings. The Morgan fingerprint density at radius 1 is 1.19 bits per heavy atom. The highest BCUT2D eigenvalue weighted by Gasteiger charge is 2.25. The first kappa shape index (κ1) is 22.9. The minimum Gasteiger partial charge on any atom is -0.493 e. The van der Waals surface area contributed by atoms with Crippen molar-refractivity contribution in [1.82, 2.24) is 4.57 Å². The van der Waals surface area contributed by atoms with E-state index in [0.29, 0.717) is 10.2 Å². The van der Waals surface area contributed by atoms with Crippen molar-refractivity contribution >= 4 is 39.1 Å². The molecule has 3 rings (SSSR count). The van der Waals surface area contributed by atoms with Crippen LogP contribution in [-0.4, -0.2) is 42.2 Å². The van der Waals surface area contributed by atoms with Gasteiger partial charge >= 0.3 is 5.97 Å². The molecule has 1 aromatic heterocycles. The van der Waals surface area contributed by atoms with Crippen LogP contribution in [0.15, 0.2) is 35.3 Å². The number of rotatable bonds is 7. The molecule has 2 aromatic carbocycles. The lowest BCUT2D eigenvalue weighted by atomic mass is 10.1. The van der Waals surface area contributed by atoms with Crippen LogP contribution in [0.5, 0.6) is 11.5 Å². The summed E-state index contributed by atoms with van der Waals surface area (Å²) in [4.78, 5) is 39.8. The molecule has 168 valence electrons. The highest BCUT2D eigenvalue weighted by atomic mass is 32.1. The third-order valence-corrected chi connectivity index (χ3v) is 5.40. The zero-order valence-electron chi connectivity index (χ0n) is 17.3. The number of amides is 1. The third kappa shape index (κ3) is 4.59. The van der Waals surface area contributed by atoms with E-state index in [1.807, 2.05) is 0 Å². The fraction of sp³-hybridized carbons (Fsp3) is 0.250. The first-order chi connectivity index (χ1) is 15.3. The molecule has 0 aliphatic heterocycles. The number of fused-ring (bicyclic) bond motifs is 1. The third-order valence-electron chi connectivity index (χ3n) is 4.36. The van der Waals surface area contributed by atoms with Crippen molar-refractivity contribution in [3.63, 3.8) is 0 Å². The van der Waals surface area contributed by atoms with Crippen LogP contribution in [0.4, 0.5) is 10.1 Å². The van der Waals surface area contributed by atoms with Gasteiger partial charge in [-0.2, -0.15) is 4.99 Å². The van der Waals surface area contributed by atoms with Crippen LogP contribution in [0.2, 0.25) is 0 Å². The van der Waals surface area contributed by atoms with Crippen LogP contribution in [-0.2, 0) is 16.1 Å². The van der Waals surface area contributed by atoms with Gasteiger partial charge < -0.3 is 18.8 Å². The average Bonchev–Trinajstić information content (AvgIpc) is 3.08. The fourth-order valence-electron chi connectivity index (χ4n) is 2.96. The summed E-state index contributed by atoms with van der Waals surface area (Å²) in [5.41, 5.74) is -0.405. The van der Waals surface area contributed by atoms with Crippen LogP contribution in [0.25, 0.3) is 10.2 Å². The summed E-state index contributed by atoms with van der Waals surface area (Å²) in [5, 5.41) is 11.5. The lowest BCUT2D eigenvalue weighted by Gasteiger charge is -2.09. The lowest BCUT2D eigenvalue weighted by Crippen LogP contribution is -2.23. The van der Waals surface area contributed by atoms with Crippen molar-refractivity contribution in [1.29, 1.82) is 0 Å². The number of ether oxygens (including phenoxy) is 3. The molecule has 0 saturated carbocycles. The number of carbonyl (C=O) groups is 2. The lowest BCUT2D eigenvalue weighted by molar-refractivity contribution is -0.385. The molecule has 0 N–H and O–H groups in total. The zero-order chi connectivity index (χ0) is 23.4. The van der Waals surface area contributed by atoms with Gasteiger partial charge in [-0.15, -0.1) is 0 Å². The summed E-state index contributed by atoms with van der Waals surface area (Å²) in [5.74, 6) is -1.85. The number of methoxy groups -OCH3 is 2. The molecule has 0 aliphatic carbocycles. The summed E-state index contributed by atoms with van der Waals surface area (Å²) in [6.07, 6.45) is 0. The van der Waals surface area contributed by atoms with E-state index in [9.17, 15) is 24.1 Å². The van der Waals surface area contributed by atoms with E-state index in [-0.39, 0.29) is 35.0 Å². The monoisotopic (exact) mass is 463 g/mol. The number of esters is 1. The predicted octanol–water partition coefficient (Wildman–Crippen LogP) is 3.07. The Labute approximate surface area is 184 Å². The van der Waals surface area contributed by atoms with Gasteiger partial charge in [0.1, 0.15) is 17.9 Å². The number of thiazole rings is 1. The first-order valence-electron chi connectivity index (χ1n) is 9.23. The summed E-state index contributed by atoms with van der Waals surface area (Å²) >= 11 is 0.955. The van der Waals surface area contributed by atoms with Crippen molar-refractivity contribution < 1.29 is 33.1 Å². The van der Waals surface area contributed by atoms with Crippen molar-refractivity contribution in [3.05, 3.63) is 56.6 Å². The minimum atomic E-state index is -0.942. The molecule has 0 saturated heterocycles. The Bertz CT molecular complexity index is 1280. The summed E-state index contributed by atoms with van der Waals surface area (Å²) in [7, 11) is 2.63. The van der Waals surface area contributed by atoms with Gasteiger partial charge in [-0.1, -0.05) is 11.3 Å². The largest absolute Gasteiger partial charge is 0.493 e. The number of hydrogen-bond donors (Lipinski definition) is 0. The van der Waals surface area contributed by atoms with Crippen LogP contribution < -0.4 is 14.3 Å².